The monoisotopic (exact) mass is 263 g/mol. The number of nitrogens with one attached hydrogen (secondary N) is 1. The standard InChI is InChI=1S/C17H29NO/c1-6-13(4)14(5)18-11-17(19)16-9-7-15(8-10-16)12(2)3/h7-10,12-14,17-19H,6,11H2,1-5H3. The Balaban J connectivity index is 2.51. The minimum atomic E-state index is -0.423. The minimum Gasteiger partial charge on any atom is -0.387 e. The SMILES string of the molecule is CCC(C)C(C)NCC(O)c1ccc(C(C)C)cc1. The molecule has 0 saturated carbocycles. The summed E-state index contributed by atoms with van der Waals surface area (Å²) in [6.07, 6.45) is 0.737. The maximum absolute atomic E-state index is 10.2. The first-order chi connectivity index (χ1) is 8.95. The molecule has 0 aliphatic heterocycles. The van der Waals surface area contributed by atoms with Crippen molar-refractivity contribution in [2.24, 2.45) is 5.92 Å². The van der Waals surface area contributed by atoms with Gasteiger partial charge in [-0.2, -0.15) is 0 Å². The highest BCUT2D eigenvalue weighted by Gasteiger charge is 2.13. The Morgan fingerprint density at radius 2 is 1.53 bits per heavy atom. The molecular weight excluding hydrogens is 234 g/mol. The number of benzene rings is 1. The van der Waals surface area contributed by atoms with E-state index in [0.717, 1.165) is 12.0 Å². The van der Waals surface area contributed by atoms with Crippen LogP contribution in [-0.4, -0.2) is 17.7 Å². The number of hydrogen-bond donors (Lipinski definition) is 2. The third-order valence-corrected chi connectivity index (χ3v) is 4.12. The zero-order valence-electron chi connectivity index (χ0n) is 13.0. The van der Waals surface area contributed by atoms with Gasteiger partial charge in [-0.15, -0.1) is 0 Å². The number of rotatable bonds is 7. The molecule has 1 aromatic carbocycles. The average Bonchev–Trinajstić information content (AvgIpc) is 2.43. The molecule has 0 amide bonds. The fourth-order valence-electron chi connectivity index (χ4n) is 2.07. The molecule has 0 heterocycles. The maximum Gasteiger partial charge on any atom is 0.0914 e. The van der Waals surface area contributed by atoms with E-state index in [0.29, 0.717) is 24.4 Å². The van der Waals surface area contributed by atoms with E-state index < -0.39 is 6.10 Å². The average molecular weight is 263 g/mol. The highest BCUT2D eigenvalue weighted by molar-refractivity contribution is 5.26. The second kappa shape index (κ2) is 7.66. The molecule has 2 nitrogen and oxygen atoms in total. The normalized spacial score (nSPS) is 16.4. The van der Waals surface area contributed by atoms with Gasteiger partial charge >= 0.3 is 0 Å². The van der Waals surface area contributed by atoms with Crippen LogP contribution in [0, 0.1) is 5.92 Å². The molecule has 0 bridgehead atoms. The van der Waals surface area contributed by atoms with Gasteiger partial charge in [0.25, 0.3) is 0 Å². The van der Waals surface area contributed by atoms with E-state index in [2.05, 4.69) is 52.1 Å². The lowest BCUT2D eigenvalue weighted by atomic mass is 9.99. The molecule has 2 N–H and O–H groups in total. The lowest BCUT2D eigenvalue weighted by Gasteiger charge is -2.22. The zero-order chi connectivity index (χ0) is 14.4. The molecule has 19 heavy (non-hydrogen) atoms. The van der Waals surface area contributed by atoms with E-state index in [9.17, 15) is 5.11 Å². The molecule has 3 unspecified atom stereocenters. The van der Waals surface area contributed by atoms with Gasteiger partial charge in [-0.05, 0) is 29.9 Å². The molecule has 108 valence electrons. The van der Waals surface area contributed by atoms with Crippen molar-refractivity contribution >= 4 is 0 Å². The van der Waals surface area contributed by atoms with E-state index in [-0.39, 0.29) is 0 Å². The lowest BCUT2D eigenvalue weighted by molar-refractivity contribution is 0.166. The Morgan fingerprint density at radius 3 is 2.00 bits per heavy atom. The van der Waals surface area contributed by atoms with Crippen LogP contribution in [0.15, 0.2) is 24.3 Å². The van der Waals surface area contributed by atoms with Gasteiger partial charge in [0.1, 0.15) is 0 Å². The van der Waals surface area contributed by atoms with E-state index in [1.807, 2.05) is 12.1 Å². The van der Waals surface area contributed by atoms with Crippen LogP contribution >= 0.6 is 0 Å². The molecule has 2 heteroatoms. The molecule has 0 aliphatic rings. The molecule has 0 aliphatic carbocycles. The van der Waals surface area contributed by atoms with Gasteiger partial charge < -0.3 is 10.4 Å². The Morgan fingerprint density at radius 1 is 1.00 bits per heavy atom. The molecule has 0 saturated heterocycles. The van der Waals surface area contributed by atoms with Crippen LogP contribution in [0.4, 0.5) is 0 Å². The van der Waals surface area contributed by atoms with E-state index in [1.54, 1.807) is 0 Å². The molecular formula is C17H29NO. The van der Waals surface area contributed by atoms with Gasteiger partial charge in [0.15, 0.2) is 0 Å². The predicted molar refractivity (Wildman–Crippen MR) is 82.4 cm³/mol. The summed E-state index contributed by atoms with van der Waals surface area (Å²) in [5, 5.41) is 13.6. The summed E-state index contributed by atoms with van der Waals surface area (Å²) in [4.78, 5) is 0. The van der Waals surface area contributed by atoms with Crippen LogP contribution in [-0.2, 0) is 0 Å². The summed E-state index contributed by atoms with van der Waals surface area (Å²) >= 11 is 0. The molecule has 0 fully saturated rings. The fourth-order valence-corrected chi connectivity index (χ4v) is 2.07. The summed E-state index contributed by atoms with van der Waals surface area (Å²) in [5.41, 5.74) is 2.31. The molecule has 1 rings (SSSR count). The van der Waals surface area contributed by atoms with Gasteiger partial charge in [-0.25, -0.2) is 0 Å². The Kier molecular flexibility index (Phi) is 6.53. The van der Waals surface area contributed by atoms with Crippen LogP contribution in [0.3, 0.4) is 0 Å². The van der Waals surface area contributed by atoms with Crippen molar-refractivity contribution in [2.75, 3.05) is 6.54 Å². The van der Waals surface area contributed by atoms with Crippen molar-refractivity contribution in [3.05, 3.63) is 35.4 Å². The summed E-state index contributed by atoms with van der Waals surface area (Å²) in [7, 11) is 0. The van der Waals surface area contributed by atoms with Crippen molar-refractivity contribution in [3.63, 3.8) is 0 Å². The van der Waals surface area contributed by atoms with Crippen LogP contribution in [0.2, 0.25) is 0 Å². The smallest absolute Gasteiger partial charge is 0.0914 e. The van der Waals surface area contributed by atoms with Crippen molar-refractivity contribution in [1.29, 1.82) is 0 Å². The van der Waals surface area contributed by atoms with Crippen molar-refractivity contribution in [1.82, 2.24) is 5.32 Å². The van der Waals surface area contributed by atoms with Crippen molar-refractivity contribution in [3.8, 4) is 0 Å². The summed E-state index contributed by atoms with van der Waals surface area (Å²) in [5.74, 6) is 1.17. The van der Waals surface area contributed by atoms with Crippen LogP contribution < -0.4 is 5.32 Å². The third-order valence-electron chi connectivity index (χ3n) is 4.12. The maximum atomic E-state index is 10.2. The van der Waals surface area contributed by atoms with Gasteiger partial charge in [-0.1, -0.05) is 58.4 Å². The highest BCUT2D eigenvalue weighted by Crippen LogP contribution is 2.18. The molecule has 0 spiro atoms. The van der Waals surface area contributed by atoms with Gasteiger partial charge in [0.05, 0.1) is 6.10 Å². The molecule has 3 atom stereocenters. The summed E-state index contributed by atoms with van der Waals surface area (Å²) < 4.78 is 0. The van der Waals surface area contributed by atoms with Gasteiger partial charge in [0.2, 0.25) is 0 Å². The first-order valence-corrected chi connectivity index (χ1v) is 7.47. The van der Waals surface area contributed by atoms with Crippen LogP contribution in [0.5, 0.6) is 0 Å². The van der Waals surface area contributed by atoms with Crippen LogP contribution in [0.1, 0.15) is 64.2 Å². The fraction of sp³-hybridized carbons (Fsp3) is 0.647. The van der Waals surface area contributed by atoms with Gasteiger partial charge in [-0.3, -0.25) is 0 Å². The zero-order valence-corrected chi connectivity index (χ0v) is 13.0. The molecule has 0 aromatic heterocycles. The third kappa shape index (κ3) is 4.96. The van der Waals surface area contributed by atoms with Crippen molar-refractivity contribution in [2.45, 2.75) is 59.1 Å². The second-order valence-corrected chi connectivity index (χ2v) is 5.92. The minimum absolute atomic E-state index is 0.423. The summed E-state index contributed by atoms with van der Waals surface area (Å²) in [6.45, 7) is 11.6. The van der Waals surface area contributed by atoms with E-state index in [1.165, 1.54) is 5.56 Å². The molecule has 0 radical (unpaired) electrons. The highest BCUT2D eigenvalue weighted by atomic mass is 16.3. The first-order valence-electron chi connectivity index (χ1n) is 7.47. The number of aliphatic hydroxyl groups is 1. The van der Waals surface area contributed by atoms with Crippen molar-refractivity contribution < 1.29 is 5.11 Å². The Hall–Kier alpha value is -0.860. The Bertz CT molecular complexity index is 358. The van der Waals surface area contributed by atoms with E-state index in [4.69, 9.17) is 0 Å². The topological polar surface area (TPSA) is 32.3 Å². The number of hydrogen-bond acceptors (Lipinski definition) is 2. The van der Waals surface area contributed by atoms with Gasteiger partial charge in [0, 0.05) is 12.6 Å². The van der Waals surface area contributed by atoms with E-state index >= 15 is 0 Å². The quantitative estimate of drug-likeness (QED) is 0.782. The second-order valence-electron chi connectivity index (χ2n) is 5.92. The molecule has 1 aromatic rings. The Labute approximate surface area is 118 Å². The lowest BCUT2D eigenvalue weighted by Crippen LogP contribution is -2.34. The predicted octanol–water partition coefficient (Wildman–Crippen LogP) is 3.87. The first kappa shape index (κ1) is 16.2. The number of aliphatic hydroxyl groups excluding tert-OH is 1. The summed E-state index contributed by atoms with van der Waals surface area (Å²) in [6, 6.07) is 8.74. The largest absolute Gasteiger partial charge is 0.387 e. The van der Waals surface area contributed by atoms with Crippen LogP contribution in [0.25, 0.3) is 0 Å².